The molecule has 0 spiro atoms. The van der Waals surface area contributed by atoms with E-state index < -0.39 is 11.7 Å². The molecule has 1 atom stereocenters. The maximum absolute atomic E-state index is 12.8. The Kier molecular flexibility index (Phi) is 5.15. The number of benzene rings is 1. The summed E-state index contributed by atoms with van der Waals surface area (Å²) >= 11 is 1.48. The first-order valence-corrected chi connectivity index (χ1v) is 11.1. The van der Waals surface area contributed by atoms with Crippen molar-refractivity contribution < 1.29 is 18.0 Å². The van der Waals surface area contributed by atoms with E-state index in [0.29, 0.717) is 25.2 Å². The summed E-state index contributed by atoms with van der Waals surface area (Å²) in [5, 5.41) is 12.2. The molecule has 1 fully saturated rings. The summed E-state index contributed by atoms with van der Waals surface area (Å²) in [5.74, 6) is 0.219. The number of rotatable bonds is 3. The minimum absolute atomic E-state index is 0.226. The Bertz CT molecular complexity index is 1370. The number of hydrogen-bond donors (Lipinski definition) is 1. The summed E-state index contributed by atoms with van der Waals surface area (Å²) < 4.78 is 39.1. The molecule has 1 amide bonds. The summed E-state index contributed by atoms with van der Waals surface area (Å²) in [4.78, 5) is 24.6. The highest BCUT2D eigenvalue weighted by Crippen LogP contribution is 2.39. The SMILES string of the molecule is Cc1nnc2sc3c(N4CCC(C(=O)Nc5ccc(C(F)(F)F)cc5)C4)ncnc3c2c1C. The molecule has 0 saturated carbocycles. The fraction of sp³-hybridized carbons (Fsp3) is 0.318. The van der Waals surface area contributed by atoms with Gasteiger partial charge in [0.15, 0.2) is 0 Å². The van der Waals surface area contributed by atoms with Gasteiger partial charge in [0.25, 0.3) is 0 Å². The van der Waals surface area contributed by atoms with E-state index in [1.54, 1.807) is 0 Å². The van der Waals surface area contributed by atoms with Crippen molar-refractivity contribution in [1.82, 2.24) is 20.2 Å². The zero-order valence-electron chi connectivity index (χ0n) is 17.8. The molecular weight excluding hydrogens is 453 g/mol. The zero-order valence-corrected chi connectivity index (χ0v) is 18.6. The number of aromatic nitrogens is 4. The molecule has 0 aliphatic carbocycles. The zero-order chi connectivity index (χ0) is 23.3. The van der Waals surface area contributed by atoms with Gasteiger partial charge in [0.1, 0.15) is 17.0 Å². The van der Waals surface area contributed by atoms with Gasteiger partial charge in [-0.15, -0.1) is 16.4 Å². The molecule has 4 heterocycles. The van der Waals surface area contributed by atoms with Gasteiger partial charge in [0.05, 0.1) is 27.4 Å². The smallest absolute Gasteiger partial charge is 0.355 e. The van der Waals surface area contributed by atoms with Crippen molar-refractivity contribution in [2.24, 2.45) is 5.92 Å². The Hall–Kier alpha value is -3.34. The van der Waals surface area contributed by atoms with Crippen LogP contribution in [0.5, 0.6) is 0 Å². The third-order valence-corrected chi connectivity index (χ3v) is 7.04. The van der Waals surface area contributed by atoms with E-state index >= 15 is 0 Å². The number of nitrogens with one attached hydrogen (secondary N) is 1. The Morgan fingerprint density at radius 1 is 1.15 bits per heavy atom. The van der Waals surface area contributed by atoms with Crippen LogP contribution in [0.2, 0.25) is 0 Å². The van der Waals surface area contributed by atoms with Crippen molar-refractivity contribution >= 4 is 49.2 Å². The Labute approximate surface area is 190 Å². The summed E-state index contributed by atoms with van der Waals surface area (Å²) in [6.45, 7) is 5.00. The highest BCUT2D eigenvalue weighted by molar-refractivity contribution is 7.26. The molecule has 4 aromatic rings. The van der Waals surface area contributed by atoms with Crippen LogP contribution >= 0.6 is 11.3 Å². The average Bonchev–Trinajstić information content (AvgIpc) is 3.41. The van der Waals surface area contributed by atoms with Crippen molar-refractivity contribution in [2.75, 3.05) is 23.3 Å². The normalized spacial score (nSPS) is 16.6. The fourth-order valence-corrected chi connectivity index (χ4v) is 5.20. The van der Waals surface area contributed by atoms with Gasteiger partial charge in [0.2, 0.25) is 5.91 Å². The van der Waals surface area contributed by atoms with Crippen LogP contribution in [0.25, 0.3) is 20.4 Å². The van der Waals surface area contributed by atoms with E-state index in [1.807, 2.05) is 18.7 Å². The first-order valence-electron chi connectivity index (χ1n) is 10.3. The minimum Gasteiger partial charge on any atom is -0.355 e. The molecule has 1 N–H and O–H groups in total. The van der Waals surface area contributed by atoms with Crippen molar-refractivity contribution in [3.63, 3.8) is 0 Å². The maximum atomic E-state index is 12.8. The van der Waals surface area contributed by atoms with Crippen LogP contribution in [0.4, 0.5) is 24.7 Å². The lowest BCUT2D eigenvalue weighted by molar-refractivity contribution is -0.137. The van der Waals surface area contributed by atoms with Crippen molar-refractivity contribution in [1.29, 1.82) is 0 Å². The Balaban J connectivity index is 1.36. The standard InChI is InChI=1S/C22H19F3N6OS/c1-11-12(2)29-30-21-16(11)17-18(33-21)19(27-10-26-17)31-8-7-13(9-31)20(32)28-15-5-3-14(4-6-15)22(23,24)25/h3-6,10,13H,7-9H2,1-2H3,(H,28,32). The Morgan fingerprint density at radius 3 is 2.64 bits per heavy atom. The van der Waals surface area contributed by atoms with Crippen LogP contribution < -0.4 is 10.2 Å². The lowest BCUT2D eigenvalue weighted by Crippen LogP contribution is -2.27. The van der Waals surface area contributed by atoms with Gasteiger partial charge < -0.3 is 10.2 Å². The molecule has 170 valence electrons. The minimum atomic E-state index is -4.41. The summed E-state index contributed by atoms with van der Waals surface area (Å²) in [7, 11) is 0. The van der Waals surface area contributed by atoms with Gasteiger partial charge >= 0.3 is 6.18 Å². The predicted octanol–water partition coefficient (Wildman–Crippen LogP) is 4.74. The second kappa shape index (κ2) is 7.91. The molecule has 0 bridgehead atoms. The number of halogens is 3. The number of carbonyl (C=O) groups excluding carboxylic acids is 1. The predicted molar refractivity (Wildman–Crippen MR) is 120 cm³/mol. The first kappa shape index (κ1) is 21.5. The molecule has 1 aliphatic rings. The molecular formula is C22H19F3N6OS. The highest BCUT2D eigenvalue weighted by atomic mass is 32.1. The third-order valence-electron chi connectivity index (χ3n) is 5.98. The van der Waals surface area contributed by atoms with E-state index in [0.717, 1.165) is 49.6 Å². The number of nitrogens with zero attached hydrogens (tertiary/aromatic N) is 5. The maximum Gasteiger partial charge on any atom is 0.416 e. The van der Waals surface area contributed by atoms with Crippen LogP contribution in [-0.4, -0.2) is 39.2 Å². The molecule has 1 unspecified atom stereocenters. The van der Waals surface area contributed by atoms with E-state index in [-0.39, 0.29) is 11.8 Å². The number of alkyl halides is 3. The van der Waals surface area contributed by atoms with Gasteiger partial charge in [-0.3, -0.25) is 4.79 Å². The molecule has 33 heavy (non-hydrogen) atoms. The molecule has 1 saturated heterocycles. The van der Waals surface area contributed by atoms with E-state index in [2.05, 4.69) is 25.5 Å². The van der Waals surface area contributed by atoms with Gasteiger partial charge in [0, 0.05) is 24.2 Å². The molecule has 0 radical (unpaired) electrons. The van der Waals surface area contributed by atoms with Crippen molar-refractivity contribution in [2.45, 2.75) is 26.4 Å². The number of amides is 1. The lowest BCUT2D eigenvalue weighted by Gasteiger charge is -2.18. The number of carbonyl (C=O) groups is 1. The van der Waals surface area contributed by atoms with Gasteiger partial charge in [-0.2, -0.15) is 18.3 Å². The van der Waals surface area contributed by atoms with E-state index in [4.69, 9.17) is 0 Å². The Morgan fingerprint density at radius 2 is 1.91 bits per heavy atom. The molecule has 5 rings (SSSR count). The number of aryl methyl sites for hydroxylation is 2. The quantitative estimate of drug-likeness (QED) is 0.464. The monoisotopic (exact) mass is 472 g/mol. The second-order valence-electron chi connectivity index (χ2n) is 8.06. The molecule has 11 heteroatoms. The first-order chi connectivity index (χ1) is 15.7. The van der Waals surface area contributed by atoms with Crippen LogP contribution in [0.1, 0.15) is 23.2 Å². The van der Waals surface area contributed by atoms with Crippen LogP contribution in [0, 0.1) is 19.8 Å². The topological polar surface area (TPSA) is 83.9 Å². The van der Waals surface area contributed by atoms with Gasteiger partial charge in [-0.1, -0.05) is 0 Å². The summed E-state index contributed by atoms with van der Waals surface area (Å²) in [6, 6.07) is 4.46. The number of hydrogen-bond acceptors (Lipinski definition) is 7. The molecule has 1 aromatic carbocycles. The summed E-state index contributed by atoms with van der Waals surface area (Å²) in [5.41, 5.74) is 2.30. The van der Waals surface area contributed by atoms with Crippen LogP contribution in [-0.2, 0) is 11.0 Å². The van der Waals surface area contributed by atoms with Crippen molar-refractivity contribution in [3.8, 4) is 0 Å². The molecule has 1 aliphatic heterocycles. The van der Waals surface area contributed by atoms with Crippen molar-refractivity contribution in [3.05, 3.63) is 47.4 Å². The average molecular weight is 472 g/mol. The number of fused-ring (bicyclic) bond motifs is 3. The van der Waals surface area contributed by atoms with Gasteiger partial charge in [-0.05, 0) is 50.1 Å². The molecule has 7 nitrogen and oxygen atoms in total. The number of anilines is 2. The number of thiophene rings is 1. The third kappa shape index (κ3) is 3.86. The van der Waals surface area contributed by atoms with Crippen LogP contribution in [0.3, 0.4) is 0 Å². The largest absolute Gasteiger partial charge is 0.416 e. The summed E-state index contributed by atoms with van der Waals surface area (Å²) in [6.07, 6.45) is -2.28. The molecule has 3 aromatic heterocycles. The van der Waals surface area contributed by atoms with E-state index in [1.165, 1.54) is 29.8 Å². The highest BCUT2D eigenvalue weighted by Gasteiger charge is 2.32. The second-order valence-corrected chi connectivity index (χ2v) is 9.06. The van der Waals surface area contributed by atoms with Gasteiger partial charge in [-0.25, -0.2) is 9.97 Å². The van der Waals surface area contributed by atoms with Crippen LogP contribution in [0.15, 0.2) is 30.6 Å². The lowest BCUT2D eigenvalue weighted by atomic mass is 10.1. The van der Waals surface area contributed by atoms with E-state index in [9.17, 15) is 18.0 Å². The fourth-order valence-electron chi connectivity index (χ4n) is 4.05.